The number of Topliss-reactive ketones (excluding diaryl/α,β-unsaturated/α-hetero) is 1. The molecule has 4 nitrogen and oxygen atoms in total. The number of aliphatic hydroxyl groups is 1. The van der Waals surface area contributed by atoms with Crippen LogP contribution in [0.25, 0.3) is 0 Å². The fourth-order valence-electron chi connectivity index (χ4n) is 5.10. The number of hydrogen-bond donors (Lipinski definition) is 1. The van der Waals surface area contributed by atoms with E-state index in [9.17, 15) is 14.7 Å². The van der Waals surface area contributed by atoms with Crippen molar-refractivity contribution in [3.8, 4) is 0 Å². The number of unbranched alkanes of at least 4 members (excludes halogenated alkanes) is 3. The molecule has 4 heteroatoms. The molecule has 0 fully saturated rings. The Labute approximate surface area is 193 Å². The molecule has 0 unspecified atom stereocenters. The smallest absolute Gasteiger partial charge is 0.306 e. The lowest BCUT2D eigenvalue weighted by Crippen LogP contribution is -2.23. The van der Waals surface area contributed by atoms with E-state index in [2.05, 4.69) is 24.3 Å². The maximum Gasteiger partial charge on any atom is 0.306 e. The fraction of sp³-hybridized carbons (Fsp3) is 0.643. The third-order valence-corrected chi connectivity index (χ3v) is 6.76. The van der Waals surface area contributed by atoms with Gasteiger partial charge in [0.2, 0.25) is 0 Å². The van der Waals surface area contributed by atoms with Crippen molar-refractivity contribution in [2.24, 2.45) is 5.92 Å². The van der Waals surface area contributed by atoms with Gasteiger partial charge in [0.25, 0.3) is 0 Å². The van der Waals surface area contributed by atoms with E-state index >= 15 is 0 Å². The Morgan fingerprint density at radius 1 is 1.03 bits per heavy atom. The maximum absolute atomic E-state index is 12.4. The third-order valence-electron chi connectivity index (χ3n) is 6.76. The molecule has 0 aliphatic heterocycles. The molecule has 0 bridgehead atoms. The molecule has 0 aromatic heterocycles. The van der Waals surface area contributed by atoms with Crippen molar-refractivity contribution in [1.29, 1.82) is 0 Å². The molecule has 1 aromatic rings. The number of aliphatic hydroxyl groups excluding tert-OH is 1. The van der Waals surface area contributed by atoms with Crippen LogP contribution in [-0.2, 0) is 27.2 Å². The predicted molar refractivity (Wildman–Crippen MR) is 127 cm³/mol. The number of allylic oxidation sites excluding steroid dienone is 2. The minimum atomic E-state index is -0.419. The van der Waals surface area contributed by atoms with Crippen molar-refractivity contribution < 1.29 is 19.4 Å². The van der Waals surface area contributed by atoms with E-state index in [1.807, 2.05) is 20.8 Å². The quantitative estimate of drug-likeness (QED) is 0.344. The van der Waals surface area contributed by atoms with E-state index in [1.54, 1.807) is 0 Å². The summed E-state index contributed by atoms with van der Waals surface area (Å²) in [7, 11) is 0. The summed E-state index contributed by atoms with van der Waals surface area (Å²) in [6, 6.07) is 8.50. The molecular weight excluding hydrogens is 400 g/mol. The molecule has 2 aliphatic carbocycles. The lowest BCUT2D eigenvalue weighted by Gasteiger charge is -2.19. The Balaban J connectivity index is 1.37. The van der Waals surface area contributed by atoms with E-state index in [0.29, 0.717) is 24.5 Å². The summed E-state index contributed by atoms with van der Waals surface area (Å²) < 4.78 is 5.34. The van der Waals surface area contributed by atoms with Crippen LogP contribution in [0.4, 0.5) is 0 Å². The van der Waals surface area contributed by atoms with Gasteiger partial charge in [0.05, 0.1) is 6.10 Å². The Hall–Kier alpha value is -1.94. The standard InChI is InChI=1S/C28H40O4/c1-28(2,3)32-27(31)13-7-5-4-6-12-24-20(15-17-26(24)30)14-16-25(29)23-18-21-10-8-9-11-22(21)19-23/h8-11,23,25,29H,4-7,12-19H2,1-3H3/t25-/m1/s1. The topological polar surface area (TPSA) is 63.6 Å². The van der Waals surface area contributed by atoms with Crippen molar-refractivity contribution in [3.05, 3.63) is 46.5 Å². The molecule has 2 aliphatic rings. The van der Waals surface area contributed by atoms with Crippen LogP contribution in [0, 0.1) is 5.92 Å². The molecule has 1 atom stereocenters. The number of rotatable bonds is 11. The summed E-state index contributed by atoms with van der Waals surface area (Å²) in [4.78, 5) is 24.2. The monoisotopic (exact) mass is 440 g/mol. The first-order valence-corrected chi connectivity index (χ1v) is 12.4. The molecule has 1 aromatic carbocycles. The summed E-state index contributed by atoms with van der Waals surface area (Å²) in [5.74, 6) is 0.479. The molecule has 0 radical (unpaired) electrons. The third kappa shape index (κ3) is 7.30. The van der Waals surface area contributed by atoms with Crippen molar-refractivity contribution in [1.82, 2.24) is 0 Å². The number of carbonyl (C=O) groups is 2. The average Bonchev–Trinajstić information content (AvgIpc) is 3.31. The van der Waals surface area contributed by atoms with Crippen LogP contribution in [0.1, 0.15) is 96.1 Å². The van der Waals surface area contributed by atoms with E-state index in [-0.39, 0.29) is 12.1 Å². The fourth-order valence-corrected chi connectivity index (χ4v) is 5.10. The van der Waals surface area contributed by atoms with Gasteiger partial charge in [-0.15, -0.1) is 0 Å². The van der Waals surface area contributed by atoms with Crippen LogP contribution >= 0.6 is 0 Å². The lowest BCUT2D eigenvalue weighted by molar-refractivity contribution is -0.154. The van der Waals surface area contributed by atoms with Gasteiger partial charge in [-0.1, -0.05) is 42.7 Å². The lowest BCUT2D eigenvalue weighted by atomic mass is 9.92. The van der Waals surface area contributed by atoms with Crippen LogP contribution in [-0.4, -0.2) is 28.6 Å². The van der Waals surface area contributed by atoms with Gasteiger partial charge in [0.1, 0.15) is 5.60 Å². The minimum absolute atomic E-state index is 0.127. The number of carbonyl (C=O) groups excluding carboxylic acids is 2. The van der Waals surface area contributed by atoms with E-state index in [1.165, 1.54) is 16.7 Å². The minimum Gasteiger partial charge on any atom is -0.460 e. The van der Waals surface area contributed by atoms with Gasteiger partial charge in [-0.3, -0.25) is 9.59 Å². The molecule has 3 rings (SSSR count). The molecule has 176 valence electrons. The van der Waals surface area contributed by atoms with Crippen LogP contribution in [0.15, 0.2) is 35.4 Å². The zero-order valence-corrected chi connectivity index (χ0v) is 20.1. The SMILES string of the molecule is CC(C)(C)OC(=O)CCCCCCC1=C(CC[C@@H](O)C2Cc3ccccc3C2)CCC1=O. The predicted octanol–water partition coefficient (Wildman–Crippen LogP) is 5.88. The molecule has 0 heterocycles. The first-order valence-electron chi connectivity index (χ1n) is 12.4. The zero-order chi connectivity index (χ0) is 23.1. The zero-order valence-electron chi connectivity index (χ0n) is 20.1. The Morgan fingerprint density at radius 2 is 1.69 bits per heavy atom. The van der Waals surface area contributed by atoms with Crippen LogP contribution in [0.2, 0.25) is 0 Å². The van der Waals surface area contributed by atoms with Crippen molar-refractivity contribution in [2.45, 2.75) is 110 Å². The first kappa shape index (κ1) is 24.7. The summed E-state index contributed by atoms with van der Waals surface area (Å²) in [5.41, 5.74) is 4.63. The van der Waals surface area contributed by atoms with Gasteiger partial charge in [0.15, 0.2) is 5.78 Å². The summed E-state index contributed by atoms with van der Waals surface area (Å²) >= 11 is 0. The van der Waals surface area contributed by atoms with Gasteiger partial charge < -0.3 is 9.84 Å². The second kappa shape index (κ2) is 11.3. The van der Waals surface area contributed by atoms with Crippen molar-refractivity contribution in [2.75, 3.05) is 0 Å². The number of benzene rings is 1. The molecule has 1 N–H and O–H groups in total. The Bertz CT molecular complexity index is 805. The maximum atomic E-state index is 12.4. The number of ether oxygens (including phenoxy) is 1. The van der Waals surface area contributed by atoms with Gasteiger partial charge >= 0.3 is 5.97 Å². The summed E-state index contributed by atoms with van der Waals surface area (Å²) in [6.45, 7) is 5.67. The highest BCUT2D eigenvalue weighted by Crippen LogP contribution is 2.34. The highest BCUT2D eigenvalue weighted by molar-refractivity contribution is 5.98. The molecule has 32 heavy (non-hydrogen) atoms. The van der Waals surface area contributed by atoms with Gasteiger partial charge in [-0.25, -0.2) is 0 Å². The second-order valence-corrected chi connectivity index (χ2v) is 10.5. The number of ketones is 1. The van der Waals surface area contributed by atoms with Crippen LogP contribution in [0.3, 0.4) is 0 Å². The molecule has 0 saturated heterocycles. The highest BCUT2D eigenvalue weighted by Gasteiger charge is 2.28. The first-order chi connectivity index (χ1) is 15.2. The number of fused-ring (bicyclic) bond motifs is 1. The summed E-state index contributed by atoms with van der Waals surface area (Å²) in [6.07, 6.45) is 9.85. The molecular formula is C28H40O4. The van der Waals surface area contributed by atoms with Crippen LogP contribution in [0.5, 0.6) is 0 Å². The van der Waals surface area contributed by atoms with Gasteiger partial charge in [0, 0.05) is 12.8 Å². The second-order valence-electron chi connectivity index (χ2n) is 10.5. The molecule has 0 amide bonds. The van der Waals surface area contributed by atoms with Crippen molar-refractivity contribution >= 4 is 11.8 Å². The highest BCUT2D eigenvalue weighted by atomic mass is 16.6. The molecule has 0 saturated carbocycles. The van der Waals surface area contributed by atoms with E-state index in [0.717, 1.165) is 69.8 Å². The van der Waals surface area contributed by atoms with Crippen LogP contribution < -0.4 is 0 Å². The number of esters is 1. The molecule has 0 spiro atoms. The Morgan fingerprint density at radius 3 is 2.34 bits per heavy atom. The normalized spacial score (nSPS) is 17.7. The Kier molecular flexibility index (Phi) is 8.70. The average molecular weight is 441 g/mol. The summed E-state index contributed by atoms with van der Waals surface area (Å²) in [5, 5.41) is 10.8. The van der Waals surface area contributed by atoms with Crippen molar-refractivity contribution in [3.63, 3.8) is 0 Å². The van der Waals surface area contributed by atoms with Gasteiger partial charge in [-0.2, -0.15) is 0 Å². The largest absolute Gasteiger partial charge is 0.460 e. The van der Waals surface area contributed by atoms with E-state index < -0.39 is 5.60 Å². The van der Waals surface area contributed by atoms with E-state index in [4.69, 9.17) is 4.74 Å². The number of hydrogen-bond acceptors (Lipinski definition) is 4. The van der Waals surface area contributed by atoms with Gasteiger partial charge in [-0.05, 0) is 94.8 Å².